The van der Waals surface area contributed by atoms with Crippen molar-refractivity contribution in [2.45, 2.75) is 4.90 Å². The lowest BCUT2D eigenvalue weighted by Gasteiger charge is -2.05. The number of hydrogen-bond donors (Lipinski definition) is 1. The van der Waals surface area contributed by atoms with Crippen molar-refractivity contribution in [1.29, 1.82) is 0 Å². The molecule has 2 N–H and O–H groups in total. The van der Waals surface area contributed by atoms with Gasteiger partial charge in [0.25, 0.3) is 0 Å². The van der Waals surface area contributed by atoms with Crippen LogP contribution >= 0.6 is 11.8 Å². The zero-order chi connectivity index (χ0) is 9.26. The van der Waals surface area contributed by atoms with Crippen LogP contribution in [0.3, 0.4) is 0 Å². The number of benzene rings is 2. The van der Waals surface area contributed by atoms with Crippen LogP contribution in [0.5, 0.6) is 0 Å². The molecule has 0 aliphatic rings. The minimum absolute atomic E-state index is 0.894. The van der Waals surface area contributed by atoms with Gasteiger partial charge in [0.2, 0.25) is 0 Å². The quantitative estimate of drug-likeness (QED) is 0.551. The second kappa shape index (κ2) is 3.30. The summed E-state index contributed by atoms with van der Waals surface area (Å²) in [5.74, 6) is 0. The Morgan fingerprint density at radius 3 is 2.62 bits per heavy atom. The molecular weight excluding hydrogens is 178 g/mol. The lowest BCUT2D eigenvalue weighted by molar-refractivity contribution is 1.51. The Hall–Kier alpha value is -1.15. The molecule has 2 aromatic rings. The fourth-order valence-corrected chi connectivity index (χ4v) is 1.99. The summed E-state index contributed by atoms with van der Waals surface area (Å²) in [6, 6.07) is 12.4. The number of hydrogen-bond acceptors (Lipinski definition) is 2. The first-order valence-corrected chi connectivity index (χ1v) is 5.36. The molecule has 0 aromatic heterocycles. The van der Waals surface area contributed by atoms with Crippen molar-refractivity contribution in [3.05, 3.63) is 36.4 Å². The van der Waals surface area contributed by atoms with Crippen LogP contribution < -0.4 is 5.73 Å². The van der Waals surface area contributed by atoms with Gasteiger partial charge in [-0.15, -0.1) is 11.8 Å². The van der Waals surface area contributed by atoms with Gasteiger partial charge in [-0.1, -0.05) is 30.3 Å². The number of rotatable bonds is 1. The van der Waals surface area contributed by atoms with Gasteiger partial charge in [0.05, 0.1) is 5.69 Å². The van der Waals surface area contributed by atoms with E-state index in [4.69, 9.17) is 5.73 Å². The minimum Gasteiger partial charge on any atom is -0.397 e. The molecule has 0 radical (unpaired) electrons. The van der Waals surface area contributed by atoms with Crippen molar-refractivity contribution >= 4 is 28.2 Å². The van der Waals surface area contributed by atoms with E-state index in [9.17, 15) is 0 Å². The molecule has 0 heterocycles. The highest BCUT2D eigenvalue weighted by molar-refractivity contribution is 7.98. The number of fused-ring (bicyclic) bond motifs is 1. The monoisotopic (exact) mass is 189 g/mol. The molecule has 2 rings (SSSR count). The number of nitrogens with two attached hydrogens (primary N) is 1. The predicted molar refractivity (Wildman–Crippen MR) is 60.1 cm³/mol. The van der Waals surface area contributed by atoms with Crippen LogP contribution in [0.4, 0.5) is 5.69 Å². The first kappa shape index (κ1) is 8.45. The Morgan fingerprint density at radius 1 is 1.08 bits per heavy atom. The standard InChI is InChI=1S/C11H11NS/c1-13-10-7-6-8-4-2-3-5-9(8)11(10)12/h2-7H,12H2,1H3. The second-order valence-electron chi connectivity index (χ2n) is 2.90. The van der Waals surface area contributed by atoms with Gasteiger partial charge in [-0.25, -0.2) is 0 Å². The molecule has 0 aliphatic heterocycles. The third-order valence-corrected chi connectivity index (χ3v) is 2.95. The van der Waals surface area contributed by atoms with Crippen LogP contribution in [-0.4, -0.2) is 6.26 Å². The zero-order valence-electron chi connectivity index (χ0n) is 7.45. The summed E-state index contributed by atoms with van der Waals surface area (Å²) in [5.41, 5.74) is 6.90. The van der Waals surface area contributed by atoms with Gasteiger partial charge < -0.3 is 5.73 Å². The molecule has 1 nitrogen and oxygen atoms in total. The van der Waals surface area contributed by atoms with E-state index in [-0.39, 0.29) is 0 Å². The topological polar surface area (TPSA) is 26.0 Å². The number of thioether (sulfide) groups is 1. The van der Waals surface area contributed by atoms with Gasteiger partial charge in [-0.2, -0.15) is 0 Å². The van der Waals surface area contributed by atoms with Crippen LogP contribution in [0.1, 0.15) is 0 Å². The van der Waals surface area contributed by atoms with E-state index in [1.165, 1.54) is 5.39 Å². The lowest BCUT2D eigenvalue weighted by Crippen LogP contribution is -1.89. The van der Waals surface area contributed by atoms with E-state index in [1.807, 2.05) is 18.4 Å². The summed E-state index contributed by atoms with van der Waals surface area (Å²) in [4.78, 5) is 1.15. The molecule has 0 unspecified atom stereocenters. The molecule has 0 bridgehead atoms. The van der Waals surface area contributed by atoms with E-state index in [0.29, 0.717) is 0 Å². The summed E-state index contributed by atoms with van der Waals surface area (Å²) in [6.07, 6.45) is 2.04. The highest BCUT2D eigenvalue weighted by Gasteiger charge is 2.01. The average molecular weight is 189 g/mol. The Labute approximate surface area is 81.9 Å². The fourth-order valence-electron chi connectivity index (χ4n) is 1.45. The molecule has 66 valence electrons. The summed E-state index contributed by atoms with van der Waals surface area (Å²) in [5, 5.41) is 2.35. The molecule has 0 atom stereocenters. The summed E-state index contributed by atoms with van der Waals surface area (Å²) < 4.78 is 0. The minimum atomic E-state index is 0.894. The van der Waals surface area contributed by atoms with E-state index in [1.54, 1.807) is 11.8 Å². The average Bonchev–Trinajstić information content (AvgIpc) is 2.19. The van der Waals surface area contributed by atoms with Crippen LogP contribution in [-0.2, 0) is 0 Å². The molecule has 0 amide bonds. The maximum absolute atomic E-state index is 6.01. The van der Waals surface area contributed by atoms with Crippen LogP contribution in [0, 0.1) is 0 Å². The Bertz CT molecular complexity index is 437. The Kier molecular flexibility index (Phi) is 2.15. The smallest absolute Gasteiger partial charge is 0.0531 e. The van der Waals surface area contributed by atoms with Gasteiger partial charge in [0.1, 0.15) is 0 Å². The molecular formula is C11H11NS. The van der Waals surface area contributed by atoms with Crippen LogP contribution in [0.15, 0.2) is 41.3 Å². The molecule has 0 spiro atoms. The van der Waals surface area contributed by atoms with Gasteiger partial charge in [0, 0.05) is 10.3 Å². The summed E-state index contributed by atoms with van der Waals surface area (Å²) in [7, 11) is 0. The molecule has 2 heteroatoms. The van der Waals surface area contributed by atoms with E-state index >= 15 is 0 Å². The predicted octanol–water partition coefficient (Wildman–Crippen LogP) is 3.14. The number of nitrogen functional groups attached to an aromatic ring is 1. The molecule has 13 heavy (non-hydrogen) atoms. The van der Waals surface area contributed by atoms with Crippen molar-refractivity contribution in [2.24, 2.45) is 0 Å². The maximum atomic E-state index is 6.01. The third kappa shape index (κ3) is 1.38. The Balaban J connectivity index is 2.79. The largest absolute Gasteiger partial charge is 0.397 e. The first-order valence-electron chi connectivity index (χ1n) is 4.14. The zero-order valence-corrected chi connectivity index (χ0v) is 8.27. The summed E-state index contributed by atoms with van der Waals surface area (Å²) in [6.45, 7) is 0. The molecule has 2 aromatic carbocycles. The van der Waals surface area contributed by atoms with Gasteiger partial charge >= 0.3 is 0 Å². The Morgan fingerprint density at radius 2 is 1.85 bits per heavy atom. The highest BCUT2D eigenvalue weighted by atomic mass is 32.2. The molecule has 0 aliphatic carbocycles. The molecule has 0 fully saturated rings. The lowest BCUT2D eigenvalue weighted by atomic mass is 10.1. The van der Waals surface area contributed by atoms with Crippen molar-refractivity contribution in [3.8, 4) is 0 Å². The third-order valence-electron chi connectivity index (χ3n) is 2.15. The fraction of sp³-hybridized carbons (Fsp3) is 0.0909. The first-order chi connectivity index (χ1) is 6.33. The van der Waals surface area contributed by atoms with Crippen molar-refractivity contribution in [3.63, 3.8) is 0 Å². The van der Waals surface area contributed by atoms with Crippen LogP contribution in [0.2, 0.25) is 0 Å². The van der Waals surface area contributed by atoms with E-state index in [0.717, 1.165) is 16.0 Å². The van der Waals surface area contributed by atoms with Gasteiger partial charge in [-0.05, 0) is 17.7 Å². The SMILES string of the molecule is CSc1ccc2ccccc2c1N. The molecule has 0 saturated carbocycles. The maximum Gasteiger partial charge on any atom is 0.0531 e. The van der Waals surface area contributed by atoms with Gasteiger partial charge in [0.15, 0.2) is 0 Å². The van der Waals surface area contributed by atoms with Gasteiger partial charge in [-0.3, -0.25) is 0 Å². The summed E-state index contributed by atoms with van der Waals surface area (Å²) >= 11 is 1.69. The van der Waals surface area contributed by atoms with Crippen molar-refractivity contribution in [1.82, 2.24) is 0 Å². The normalized spacial score (nSPS) is 10.5. The second-order valence-corrected chi connectivity index (χ2v) is 3.75. The van der Waals surface area contributed by atoms with Crippen LogP contribution in [0.25, 0.3) is 10.8 Å². The molecule has 0 saturated heterocycles. The number of anilines is 1. The highest BCUT2D eigenvalue weighted by Crippen LogP contribution is 2.30. The van der Waals surface area contributed by atoms with E-state index < -0.39 is 0 Å². The van der Waals surface area contributed by atoms with E-state index in [2.05, 4.69) is 24.3 Å². The van der Waals surface area contributed by atoms with Crippen molar-refractivity contribution < 1.29 is 0 Å². The van der Waals surface area contributed by atoms with Crippen molar-refractivity contribution in [2.75, 3.05) is 12.0 Å².